The van der Waals surface area contributed by atoms with Crippen molar-refractivity contribution in [1.29, 1.82) is 0 Å². The molecule has 0 saturated heterocycles. The summed E-state index contributed by atoms with van der Waals surface area (Å²) in [4.78, 5) is 0. The summed E-state index contributed by atoms with van der Waals surface area (Å²) in [7, 11) is 1.67. The third kappa shape index (κ3) is 4.40. The van der Waals surface area contributed by atoms with Crippen molar-refractivity contribution in [3.8, 4) is 0 Å². The van der Waals surface area contributed by atoms with Crippen LogP contribution in [0.2, 0.25) is 0 Å². The molecule has 0 atom stereocenters. The van der Waals surface area contributed by atoms with Crippen molar-refractivity contribution in [3.05, 3.63) is 52.0 Å². The second kappa shape index (κ2) is 7.52. The zero-order valence-corrected chi connectivity index (χ0v) is 12.9. The zero-order valence-electron chi connectivity index (χ0n) is 11.3. The molecule has 0 aliphatic carbocycles. The fourth-order valence-electron chi connectivity index (χ4n) is 1.80. The van der Waals surface area contributed by atoms with Gasteiger partial charge in [-0.15, -0.1) is 0 Å². The van der Waals surface area contributed by atoms with Gasteiger partial charge in [0.15, 0.2) is 0 Å². The molecule has 4 nitrogen and oxygen atoms in total. The van der Waals surface area contributed by atoms with Crippen molar-refractivity contribution in [2.75, 3.05) is 20.3 Å². The summed E-state index contributed by atoms with van der Waals surface area (Å²) in [6, 6.07) is 6.98. The summed E-state index contributed by atoms with van der Waals surface area (Å²) < 4.78 is 21.2. The number of hydrogen-bond acceptors (Lipinski definition) is 3. The van der Waals surface area contributed by atoms with Crippen LogP contribution < -0.4 is 5.32 Å². The second-order valence-corrected chi connectivity index (χ2v) is 5.33. The highest BCUT2D eigenvalue weighted by Gasteiger charge is 2.05. The normalized spacial score (nSPS) is 10.9. The summed E-state index contributed by atoms with van der Waals surface area (Å²) in [6.45, 7) is 2.56. The van der Waals surface area contributed by atoms with E-state index >= 15 is 0 Å². The summed E-state index contributed by atoms with van der Waals surface area (Å²) in [5.74, 6) is -0.227. The minimum absolute atomic E-state index is 0.227. The van der Waals surface area contributed by atoms with E-state index in [2.05, 4.69) is 26.3 Å². The van der Waals surface area contributed by atoms with E-state index in [4.69, 9.17) is 4.74 Å². The zero-order chi connectivity index (χ0) is 14.4. The number of hydrogen-bond donors (Lipinski definition) is 1. The van der Waals surface area contributed by atoms with Gasteiger partial charge in [0.05, 0.1) is 18.8 Å². The largest absolute Gasteiger partial charge is 0.383 e. The molecule has 0 fully saturated rings. The Balaban J connectivity index is 1.92. The highest BCUT2D eigenvalue weighted by molar-refractivity contribution is 9.10. The SMILES string of the molecule is COCCNCc1ccn(Cc2ccc(Br)cc2F)n1. The summed E-state index contributed by atoms with van der Waals surface area (Å²) >= 11 is 3.25. The molecule has 0 spiro atoms. The average molecular weight is 342 g/mol. The Morgan fingerprint density at radius 2 is 2.25 bits per heavy atom. The van der Waals surface area contributed by atoms with Gasteiger partial charge in [0.1, 0.15) is 5.82 Å². The topological polar surface area (TPSA) is 39.1 Å². The van der Waals surface area contributed by atoms with Crippen molar-refractivity contribution in [3.63, 3.8) is 0 Å². The third-order valence-electron chi connectivity index (χ3n) is 2.83. The van der Waals surface area contributed by atoms with Gasteiger partial charge in [-0.2, -0.15) is 5.10 Å². The van der Waals surface area contributed by atoms with Crippen LogP contribution >= 0.6 is 15.9 Å². The molecule has 0 unspecified atom stereocenters. The van der Waals surface area contributed by atoms with E-state index < -0.39 is 0 Å². The molecule has 0 radical (unpaired) electrons. The molecule has 0 aliphatic rings. The lowest BCUT2D eigenvalue weighted by Crippen LogP contribution is -2.19. The Bertz CT molecular complexity index is 559. The summed E-state index contributed by atoms with van der Waals surface area (Å²) in [6.07, 6.45) is 1.86. The molecule has 1 aromatic carbocycles. The molecule has 6 heteroatoms. The molecule has 0 bridgehead atoms. The van der Waals surface area contributed by atoms with E-state index in [-0.39, 0.29) is 5.82 Å². The number of benzene rings is 1. The van der Waals surface area contributed by atoms with Crippen LogP contribution in [0.3, 0.4) is 0 Å². The first-order valence-corrected chi connectivity index (χ1v) is 7.14. The molecular weight excluding hydrogens is 325 g/mol. The monoisotopic (exact) mass is 341 g/mol. The van der Waals surface area contributed by atoms with Crippen molar-refractivity contribution < 1.29 is 9.13 Å². The molecule has 0 saturated carbocycles. The number of nitrogens with one attached hydrogen (secondary N) is 1. The predicted octanol–water partition coefficient (Wildman–Crippen LogP) is 2.57. The molecule has 0 aliphatic heterocycles. The smallest absolute Gasteiger partial charge is 0.129 e. The van der Waals surface area contributed by atoms with E-state index in [0.717, 1.165) is 16.7 Å². The maximum atomic E-state index is 13.7. The number of rotatable bonds is 7. The van der Waals surface area contributed by atoms with Gasteiger partial charge in [-0.25, -0.2) is 4.39 Å². The molecule has 0 amide bonds. The summed E-state index contributed by atoms with van der Waals surface area (Å²) in [5, 5.41) is 7.62. The van der Waals surface area contributed by atoms with Gasteiger partial charge in [-0.05, 0) is 18.2 Å². The van der Waals surface area contributed by atoms with Gasteiger partial charge >= 0.3 is 0 Å². The van der Waals surface area contributed by atoms with E-state index in [0.29, 0.717) is 25.3 Å². The van der Waals surface area contributed by atoms with Gasteiger partial charge in [0.2, 0.25) is 0 Å². The molecule has 1 N–H and O–H groups in total. The van der Waals surface area contributed by atoms with Crippen LogP contribution in [0.15, 0.2) is 34.9 Å². The third-order valence-corrected chi connectivity index (χ3v) is 3.33. The highest BCUT2D eigenvalue weighted by atomic mass is 79.9. The molecule has 2 aromatic rings. The molecule has 2 rings (SSSR count). The fourth-order valence-corrected chi connectivity index (χ4v) is 2.13. The maximum Gasteiger partial charge on any atom is 0.129 e. The number of ether oxygens (including phenoxy) is 1. The van der Waals surface area contributed by atoms with E-state index in [1.807, 2.05) is 18.3 Å². The van der Waals surface area contributed by atoms with Gasteiger partial charge in [0, 0.05) is 36.4 Å². The van der Waals surface area contributed by atoms with Crippen LogP contribution in [0.4, 0.5) is 4.39 Å². The van der Waals surface area contributed by atoms with E-state index in [1.165, 1.54) is 6.07 Å². The van der Waals surface area contributed by atoms with Crippen LogP contribution in [0, 0.1) is 5.82 Å². The maximum absolute atomic E-state index is 13.7. The number of halogens is 2. The molecular formula is C14H17BrFN3O. The average Bonchev–Trinajstić information content (AvgIpc) is 2.86. The van der Waals surface area contributed by atoms with Crippen LogP contribution in [0.5, 0.6) is 0 Å². The first kappa shape index (κ1) is 15.2. The van der Waals surface area contributed by atoms with Gasteiger partial charge in [-0.1, -0.05) is 22.0 Å². The number of aromatic nitrogens is 2. The van der Waals surface area contributed by atoms with Gasteiger partial charge in [0.25, 0.3) is 0 Å². The first-order valence-electron chi connectivity index (χ1n) is 6.35. The minimum Gasteiger partial charge on any atom is -0.383 e. The van der Waals surface area contributed by atoms with E-state index in [1.54, 1.807) is 17.9 Å². The van der Waals surface area contributed by atoms with E-state index in [9.17, 15) is 4.39 Å². The number of methoxy groups -OCH3 is 1. The Morgan fingerprint density at radius 1 is 1.40 bits per heavy atom. The summed E-state index contributed by atoms with van der Waals surface area (Å²) in [5.41, 5.74) is 1.55. The molecule has 1 aromatic heterocycles. The first-order chi connectivity index (χ1) is 9.69. The predicted molar refractivity (Wildman–Crippen MR) is 79.0 cm³/mol. The number of nitrogens with zero attached hydrogens (tertiary/aromatic N) is 2. The lowest BCUT2D eigenvalue weighted by atomic mass is 10.2. The fraction of sp³-hybridized carbons (Fsp3) is 0.357. The lowest BCUT2D eigenvalue weighted by molar-refractivity contribution is 0.199. The van der Waals surface area contributed by atoms with Crippen LogP contribution in [-0.4, -0.2) is 30.0 Å². The Morgan fingerprint density at radius 3 is 3.00 bits per heavy atom. The molecule has 20 heavy (non-hydrogen) atoms. The Labute approximate surface area is 126 Å². The molecule has 108 valence electrons. The van der Waals surface area contributed by atoms with Gasteiger partial charge in [-0.3, -0.25) is 4.68 Å². The quantitative estimate of drug-likeness (QED) is 0.786. The lowest BCUT2D eigenvalue weighted by Gasteiger charge is -2.04. The van der Waals surface area contributed by atoms with Gasteiger partial charge < -0.3 is 10.1 Å². The van der Waals surface area contributed by atoms with Crippen molar-refractivity contribution in [2.24, 2.45) is 0 Å². The second-order valence-electron chi connectivity index (χ2n) is 4.41. The van der Waals surface area contributed by atoms with Crippen molar-refractivity contribution >= 4 is 15.9 Å². The Hall–Kier alpha value is -1.24. The standard InChI is InChI=1S/C14H17BrFN3O/c1-20-7-5-17-9-13-4-6-19(18-13)10-11-2-3-12(15)8-14(11)16/h2-4,6,8,17H,5,7,9-10H2,1H3. The van der Waals surface area contributed by atoms with Crippen molar-refractivity contribution in [2.45, 2.75) is 13.1 Å². The van der Waals surface area contributed by atoms with Crippen LogP contribution in [0.1, 0.15) is 11.3 Å². The molecule has 1 heterocycles. The Kier molecular flexibility index (Phi) is 5.70. The minimum atomic E-state index is -0.227. The van der Waals surface area contributed by atoms with Crippen LogP contribution in [-0.2, 0) is 17.8 Å². The van der Waals surface area contributed by atoms with Crippen molar-refractivity contribution in [1.82, 2.24) is 15.1 Å². The van der Waals surface area contributed by atoms with Crippen LogP contribution in [0.25, 0.3) is 0 Å². The highest BCUT2D eigenvalue weighted by Crippen LogP contribution is 2.16.